The molecular weight excluding hydrogens is 654 g/mol. The molecule has 14 nitrogen and oxygen atoms in total. The van der Waals surface area contributed by atoms with Gasteiger partial charge < -0.3 is 39.7 Å². The standard InChI is InChI=1S/C34H50ClN7O7/c1-23(2)42(11-10-39(4)29(44)21-49-18-17-48-16-9-36-34(46)47)20-27(25-5-7-26(35)8-6-25)33(45)41-14-12-40(13-15-41)32-30-24(3)19-28(43)31(30)37-22-38-32/h5-8,22-24,27-28,36,43H,9-21H2,1-4H3,(H,46,47)/t24-,27?,28-/m1/s1. The number of aromatic nitrogens is 2. The number of carbonyl (C=O) groups excluding carboxylic acids is 2. The number of hydrogen-bond acceptors (Lipinski definition) is 10. The van der Waals surface area contributed by atoms with Crippen molar-refractivity contribution < 1.29 is 34.1 Å². The van der Waals surface area contributed by atoms with Gasteiger partial charge in [0.15, 0.2) is 0 Å². The summed E-state index contributed by atoms with van der Waals surface area (Å²) in [6, 6.07) is 7.56. The summed E-state index contributed by atoms with van der Waals surface area (Å²) >= 11 is 6.22. The lowest BCUT2D eigenvalue weighted by Gasteiger charge is -2.39. The molecule has 3 atom stereocenters. The Labute approximate surface area is 293 Å². The number of benzene rings is 1. The van der Waals surface area contributed by atoms with Crippen molar-refractivity contribution in [2.24, 2.45) is 0 Å². The molecule has 1 aliphatic carbocycles. The molecule has 1 aromatic heterocycles. The fourth-order valence-electron chi connectivity index (χ4n) is 6.25. The van der Waals surface area contributed by atoms with Gasteiger partial charge in [-0.15, -0.1) is 0 Å². The van der Waals surface area contributed by atoms with E-state index in [1.165, 1.54) is 6.33 Å². The van der Waals surface area contributed by atoms with Crippen molar-refractivity contribution in [3.8, 4) is 0 Å². The van der Waals surface area contributed by atoms with Crippen molar-refractivity contribution in [1.29, 1.82) is 0 Å². The lowest BCUT2D eigenvalue weighted by Crippen LogP contribution is -2.52. The summed E-state index contributed by atoms with van der Waals surface area (Å²) in [6.45, 7) is 10.9. The first-order valence-corrected chi connectivity index (χ1v) is 17.3. The second-order valence-electron chi connectivity index (χ2n) is 12.9. The van der Waals surface area contributed by atoms with Crippen molar-refractivity contribution >= 4 is 35.3 Å². The highest BCUT2D eigenvalue weighted by Gasteiger charge is 2.35. The molecule has 15 heteroatoms. The van der Waals surface area contributed by atoms with Crippen molar-refractivity contribution in [1.82, 2.24) is 30.0 Å². The predicted octanol–water partition coefficient (Wildman–Crippen LogP) is 2.57. The van der Waals surface area contributed by atoms with E-state index in [1.54, 1.807) is 11.9 Å². The molecule has 3 amide bonds. The van der Waals surface area contributed by atoms with E-state index in [9.17, 15) is 19.5 Å². The Kier molecular flexibility index (Phi) is 14.4. The normalized spacial score (nSPS) is 18.1. The lowest BCUT2D eigenvalue weighted by molar-refractivity contribution is -0.136. The number of anilines is 1. The van der Waals surface area contributed by atoms with Crippen LogP contribution in [0.5, 0.6) is 0 Å². The number of nitrogens with one attached hydrogen (secondary N) is 1. The predicted molar refractivity (Wildman–Crippen MR) is 185 cm³/mol. The first kappa shape index (κ1) is 38.2. The molecule has 1 unspecified atom stereocenters. The second kappa shape index (κ2) is 18.4. The Balaban J connectivity index is 1.33. The molecule has 0 saturated carbocycles. The van der Waals surface area contributed by atoms with Crippen LogP contribution in [0.15, 0.2) is 30.6 Å². The highest BCUT2D eigenvalue weighted by Crippen LogP contribution is 2.42. The van der Waals surface area contributed by atoms with Gasteiger partial charge in [-0.3, -0.25) is 14.5 Å². The van der Waals surface area contributed by atoms with Crippen molar-refractivity contribution in [3.63, 3.8) is 0 Å². The number of aliphatic hydroxyl groups is 1. The van der Waals surface area contributed by atoms with Gasteiger partial charge in [-0.05, 0) is 43.9 Å². The first-order chi connectivity index (χ1) is 23.5. The van der Waals surface area contributed by atoms with E-state index >= 15 is 0 Å². The van der Waals surface area contributed by atoms with Gasteiger partial charge in [-0.2, -0.15) is 0 Å². The summed E-state index contributed by atoms with van der Waals surface area (Å²) < 4.78 is 10.7. The van der Waals surface area contributed by atoms with Crippen molar-refractivity contribution in [3.05, 3.63) is 52.4 Å². The zero-order valence-electron chi connectivity index (χ0n) is 28.9. The molecule has 1 aliphatic heterocycles. The number of rotatable bonds is 17. The number of fused-ring (bicyclic) bond motifs is 1. The number of aliphatic hydroxyl groups excluding tert-OH is 1. The van der Waals surface area contributed by atoms with Crippen LogP contribution in [-0.2, 0) is 19.1 Å². The fraction of sp³-hybridized carbons (Fsp3) is 0.618. The molecule has 1 fully saturated rings. The highest BCUT2D eigenvalue weighted by molar-refractivity contribution is 6.30. The quantitative estimate of drug-likeness (QED) is 0.208. The van der Waals surface area contributed by atoms with Crippen molar-refractivity contribution in [2.45, 2.75) is 51.2 Å². The van der Waals surface area contributed by atoms with Crippen LogP contribution >= 0.6 is 11.6 Å². The van der Waals surface area contributed by atoms with Crippen LogP contribution in [-0.4, -0.2) is 145 Å². The zero-order valence-corrected chi connectivity index (χ0v) is 29.6. The number of halogens is 1. The van der Waals surface area contributed by atoms with Crippen LogP contribution in [0.3, 0.4) is 0 Å². The summed E-state index contributed by atoms with van der Waals surface area (Å²) in [4.78, 5) is 54.3. The average molecular weight is 704 g/mol. The topological polar surface area (TPSA) is 161 Å². The van der Waals surface area contributed by atoms with E-state index in [4.69, 9.17) is 26.2 Å². The van der Waals surface area contributed by atoms with Crippen LogP contribution in [0.4, 0.5) is 10.6 Å². The van der Waals surface area contributed by atoms with Crippen LogP contribution in [0.25, 0.3) is 0 Å². The number of likely N-dealkylation sites (N-methyl/N-ethyl adjacent to an activating group) is 1. The summed E-state index contributed by atoms with van der Waals surface area (Å²) in [5.74, 6) is 0.463. The van der Waals surface area contributed by atoms with Gasteiger partial charge in [0.05, 0.1) is 37.5 Å². The molecule has 0 radical (unpaired) electrons. The molecule has 2 heterocycles. The minimum Gasteiger partial charge on any atom is -0.465 e. The second-order valence-corrected chi connectivity index (χ2v) is 13.3. The van der Waals surface area contributed by atoms with E-state index in [1.807, 2.05) is 29.2 Å². The number of hydrogen-bond donors (Lipinski definition) is 3. The van der Waals surface area contributed by atoms with Crippen LogP contribution in [0, 0.1) is 0 Å². The van der Waals surface area contributed by atoms with Crippen LogP contribution in [0.1, 0.15) is 62.0 Å². The van der Waals surface area contributed by atoms with Gasteiger partial charge in [-0.1, -0.05) is 30.7 Å². The number of piperazine rings is 1. The largest absolute Gasteiger partial charge is 0.465 e. The van der Waals surface area contributed by atoms with Crippen LogP contribution < -0.4 is 10.2 Å². The highest BCUT2D eigenvalue weighted by atomic mass is 35.5. The van der Waals surface area contributed by atoms with Gasteiger partial charge in [0.1, 0.15) is 18.8 Å². The Bertz CT molecular complexity index is 1390. The molecule has 2 aliphatic rings. The first-order valence-electron chi connectivity index (χ1n) is 16.9. The molecular formula is C34H50ClN7O7. The van der Waals surface area contributed by atoms with E-state index in [2.05, 4.69) is 45.9 Å². The average Bonchev–Trinajstić information content (AvgIpc) is 3.38. The Morgan fingerprint density at radius 2 is 1.73 bits per heavy atom. The zero-order chi connectivity index (χ0) is 35.5. The van der Waals surface area contributed by atoms with Gasteiger partial charge in [0.25, 0.3) is 0 Å². The van der Waals surface area contributed by atoms with Crippen molar-refractivity contribution in [2.75, 3.05) is 90.7 Å². The monoisotopic (exact) mass is 703 g/mol. The molecule has 0 bridgehead atoms. The Morgan fingerprint density at radius 3 is 2.41 bits per heavy atom. The molecule has 1 saturated heterocycles. The number of ether oxygens (including phenoxy) is 2. The molecule has 49 heavy (non-hydrogen) atoms. The molecule has 3 N–H and O–H groups in total. The number of carboxylic acid groups (broad SMARTS) is 1. The molecule has 4 rings (SSSR count). The summed E-state index contributed by atoms with van der Waals surface area (Å²) in [5.41, 5.74) is 2.60. The minimum absolute atomic E-state index is 0.0446. The Morgan fingerprint density at radius 1 is 1.04 bits per heavy atom. The van der Waals surface area contributed by atoms with E-state index in [0.717, 1.165) is 16.9 Å². The maximum atomic E-state index is 14.2. The smallest absolute Gasteiger partial charge is 0.404 e. The Hall–Kier alpha value is -3.56. The fourth-order valence-corrected chi connectivity index (χ4v) is 6.38. The van der Waals surface area contributed by atoms with Gasteiger partial charge in [0, 0.05) is 76.0 Å². The minimum atomic E-state index is -1.11. The number of nitrogens with zero attached hydrogens (tertiary/aromatic N) is 6. The van der Waals surface area contributed by atoms with Crippen LogP contribution in [0.2, 0.25) is 5.02 Å². The maximum Gasteiger partial charge on any atom is 0.404 e. The lowest BCUT2D eigenvalue weighted by atomic mass is 9.95. The van der Waals surface area contributed by atoms with Gasteiger partial charge >= 0.3 is 6.09 Å². The number of carbonyl (C=O) groups is 3. The number of amides is 3. The summed E-state index contributed by atoms with van der Waals surface area (Å²) in [6.07, 6.45) is 0.479. The van der Waals surface area contributed by atoms with E-state index < -0.39 is 18.1 Å². The molecule has 2 aromatic rings. The van der Waals surface area contributed by atoms with Gasteiger partial charge in [-0.25, -0.2) is 14.8 Å². The molecule has 270 valence electrons. The third-order valence-electron chi connectivity index (χ3n) is 9.16. The van der Waals surface area contributed by atoms with E-state index in [-0.39, 0.29) is 56.7 Å². The third-order valence-corrected chi connectivity index (χ3v) is 9.41. The van der Waals surface area contributed by atoms with Gasteiger partial charge in [0.2, 0.25) is 11.8 Å². The third kappa shape index (κ3) is 10.7. The molecule has 0 spiro atoms. The SMILES string of the molecule is CC(C)N(CCN(C)C(=O)COCCOCCNC(=O)O)CC(C(=O)N1CCN(c2ncnc3c2[C@H](C)C[C@H]3O)CC1)c1ccc(Cl)cc1. The molecule has 1 aromatic carbocycles. The summed E-state index contributed by atoms with van der Waals surface area (Å²) in [7, 11) is 1.73. The van der Waals surface area contributed by atoms with E-state index in [0.29, 0.717) is 63.0 Å². The summed E-state index contributed by atoms with van der Waals surface area (Å²) in [5, 5.41) is 21.8. The maximum absolute atomic E-state index is 14.2.